The molecule has 1 aliphatic carbocycles. The molecule has 0 spiro atoms. The molecule has 0 bridgehead atoms. The van der Waals surface area contributed by atoms with Crippen molar-refractivity contribution in [2.75, 3.05) is 0 Å². The maximum absolute atomic E-state index is 13.8. The van der Waals surface area contributed by atoms with E-state index in [1.165, 1.54) is 18.2 Å². The molecule has 2 atom stereocenters. The van der Waals surface area contributed by atoms with Gasteiger partial charge in [-0.1, -0.05) is 20.3 Å². The Bertz CT molecular complexity index is 380. The Morgan fingerprint density at radius 1 is 1.31 bits per heavy atom. The van der Waals surface area contributed by atoms with Gasteiger partial charge in [-0.3, -0.25) is 0 Å². The molecule has 0 nitrogen and oxygen atoms in total. The molecule has 1 aromatic carbocycles. The van der Waals surface area contributed by atoms with Crippen molar-refractivity contribution in [1.29, 1.82) is 0 Å². The van der Waals surface area contributed by atoms with Crippen LogP contribution in [-0.2, 0) is 5.41 Å². The first-order chi connectivity index (χ1) is 7.64. The molecular formula is C14H18F2. The third-order valence-corrected chi connectivity index (χ3v) is 4.31. The maximum atomic E-state index is 13.8. The molecule has 0 N–H and O–H groups in total. The highest BCUT2D eigenvalue weighted by Gasteiger charge is 2.46. The molecule has 2 unspecified atom stereocenters. The first-order valence-corrected chi connectivity index (χ1v) is 6.09. The molecule has 2 heteroatoms. The van der Waals surface area contributed by atoms with Crippen LogP contribution in [-0.4, -0.2) is 0 Å². The summed E-state index contributed by atoms with van der Waals surface area (Å²) in [5.41, 5.74) is 0.481. The van der Waals surface area contributed by atoms with Gasteiger partial charge < -0.3 is 0 Å². The first-order valence-electron chi connectivity index (χ1n) is 6.09. The lowest BCUT2D eigenvalue weighted by atomic mass is 9.54. The number of rotatable bonds is 3. The zero-order valence-electron chi connectivity index (χ0n) is 9.89. The Kier molecular flexibility index (Phi) is 3.00. The van der Waals surface area contributed by atoms with E-state index in [0.29, 0.717) is 11.5 Å². The second-order valence-electron chi connectivity index (χ2n) is 4.78. The second kappa shape index (κ2) is 4.15. The SMILES string of the molecule is CCC1CCC1(CC)c1cc(F)ccc1F. The summed E-state index contributed by atoms with van der Waals surface area (Å²) in [4.78, 5) is 0. The van der Waals surface area contributed by atoms with E-state index in [2.05, 4.69) is 13.8 Å². The number of hydrogen-bond donors (Lipinski definition) is 0. The molecule has 0 heterocycles. The van der Waals surface area contributed by atoms with Crippen LogP contribution >= 0.6 is 0 Å². The van der Waals surface area contributed by atoms with Gasteiger partial charge in [0.1, 0.15) is 11.6 Å². The van der Waals surface area contributed by atoms with Gasteiger partial charge in [0.25, 0.3) is 0 Å². The largest absolute Gasteiger partial charge is 0.207 e. The van der Waals surface area contributed by atoms with Crippen LogP contribution < -0.4 is 0 Å². The van der Waals surface area contributed by atoms with Crippen molar-refractivity contribution < 1.29 is 8.78 Å². The minimum absolute atomic E-state index is 0.110. The van der Waals surface area contributed by atoms with Crippen molar-refractivity contribution >= 4 is 0 Å². The van der Waals surface area contributed by atoms with Gasteiger partial charge in [-0.25, -0.2) is 8.78 Å². The van der Waals surface area contributed by atoms with Crippen LogP contribution in [0.1, 0.15) is 45.1 Å². The van der Waals surface area contributed by atoms with Crippen molar-refractivity contribution in [3.05, 3.63) is 35.4 Å². The number of halogens is 2. The van der Waals surface area contributed by atoms with E-state index < -0.39 is 0 Å². The van der Waals surface area contributed by atoms with Gasteiger partial charge in [-0.15, -0.1) is 0 Å². The van der Waals surface area contributed by atoms with Gasteiger partial charge in [0.05, 0.1) is 0 Å². The molecule has 88 valence electrons. The highest BCUT2D eigenvalue weighted by molar-refractivity contribution is 5.31. The fourth-order valence-electron chi connectivity index (χ4n) is 3.18. The highest BCUT2D eigenvalue weighted by atomic mass is 19.1. The van der Waals surface area contributed by atoms with Crippen LogP contribution in [0.15, 0.2) is 18.2 Å². The van der Waals surface area contributed by atoms with Crippen molar-refractivity contribution in [1.82, 2.24) is 0 Å². The molecule has 1 aliphatic rings. The molecule has 2 rings (SSSR count). The Hall–Kier alpha value is -0.920. The van der Waals surface area contributed by atoms with Gasteiger partial charge in [-0.2, -0.15) is 0 Å². The minimum Gasteiger partial charge on any atom is -0.207 e. The van der Waals surface area contributed by atoms with E-state index >= 15 is 0 Å². The first kappa shape index (κ1) is 11.6. The molecule has 0 aliphatic heterocycles. The molecule has 1 saturated carbocycles. The maximum Gasteiger partial charge on any atom is 0.127 e. The van der Waals surface area contributed by atoms with Gasteiger partial charge in [0, 0.05) is 5.41 Å². The number of benzene rings is 1. The van der Waals surface area contributed by atoms with Crippen LogP contribution in [0.5, 0.6) is 0 Å². The quantitative estimate of drug-likeness (QED) is 0.712. The van der Waals surface area contributed by atoms with E-state index in [1.54, 1.807) is 0 Å². The van der Waals surface area contributed by atoms with Crippen molar-refractivity contribution in [3.8, 4) is 0 Å². The molecule has 16 heavy (non-hydrogen) atoms. The van der Waals surface area contributed by atoms with Gasteiger partial charge in [0.15, 0.2) is 0 Å². The van der Waals surface area contributed by atoms with Gasteiger partial charge in [0.2, 0.25) is 0 Å². The predicted molar refractivity (Wildman–Crippen MR) is 61.3 cm³/mol. The smallest absolute Gasteiger partial charge is 0.127 e. The molecule has 1 fully saturated rings. The van der Waals surface area contributed by atoms with E-state index in [1.807, 2.05) is 0 Å². The summed E-state index contributed by atoms with van der Waals surface area (Å²) in [6.07, 6.45) is 4.07. The summed E-state index contributed by atoms with van der Waals surface area (Å²) in [6.45, 7) is 4.21. The normalized spacial score (nSPS) is 28.9. The van der Waals surface area contributed by atoms with E-state index in [4.69, 9.17) is 0 Å². The van der Waals surface area contributed by atoms with Crippen LogP contribution in [0.25, 0.3) is 0 Å². The predicted octanol–water partition coefficient (Wildman–Crippen LogP) is 4.43. The van der Waals surface area contributed by atoms with Gasteiger partial charge in [-0.05, 0) is 48.9 Å². The zero-order chi connectivity index (χ0) is 11.8. The molecular weight excluding hydrogens is 206 g/mol. The van der Waals surface area contributed by atoms with Crippen molar-refractivity contribution in [2.24, 2.45) is 5.92 Å². The monoisotopic (exact) mass is 224 g/mol. The summed E-state index contributed by atoms with van der Waals surface area (Å²) in [5, 5.41) is 0. The second-order valence-corrected chi connectivity index (χ2v) is 4.78. The van der Waals surface area contributed by atoms with Crippen molar-refractivity contribution in [3.63, 3.8) is 0 Å². The van der Waals surface area contributed by atoms with E-state index in [9.17, 15) is 8.78 Å². The van der Waals surface area contributed by atoms with Crippen LogP contribution in [0, 0.1) is 17.6 Å². The Balaban J connectivity index is 2.44. The summed E-state index contributed by atoms with van der Waals surface area (Å²) in [7, 11) is 0. The number of hydrogen-bond acceptors (Lipinski definition) is 0. The summed E-state index contributed by atoms with van der Waals surface area (Å²) in [5.74, 6) is -0.0684. The Labute approximate surface area is 95.7 Å². The third-order valence-electron chi connectivity index (χ3n) is 4.31. The lowest BCUT2D eigenvalue weighted by molar-refractivity contribution is 0.105. The molecule has 0 amide bonds. The minimum atomic E-state index is -0.328. The average Bonchev–Trinajstić information content (AvgIpc) is 2.24. The topological polar surface area (TPSA) is 0 Å². The molecule has 1 aromatic rings. The lowest BCUT2D eigenvalue weighted by Gasteiger charge is -2.50. The molecule has 0 aromatic heterocycles. The molecule has 0 radical (unpaired) electrons. The van der Waals surface area contributed by atoms with Crippen LogP contribution in [0.2, 0.25) is 0 Å². The van der Waals surface area contributed by atoms with Crippen LogP contribution in [0.4, 0.5) is 8.78 Å². The van der Waals surface area contributed by atoms with Crippen LogP contribution in [0.3, 0.4) is 0 Å². The van der Waals surface area contributed by atoms with E-state index in [0.717, 1.165) is 25.7 Å². The zero-order valence-corrected chi connectivity index (χ0v) is 9.89. The fraction of sp³-hybridized carbons (Fsp3) is 0.571. The summed E-state index contributed by atoms with van der Waals surface area (Å²) < 4.78 is 27.1. The Morgan fingerprint density at radius 3 is 2.56 bits per heavy atom. The van der Waals surface area contributed by atoms with Gasteiger partial charge >= 0.3 is 0 Å². The molecule has 0 saturated heterocycles. The lowest BCUT2D eigenvalue weighted by Crippen LogP contribution is -2.44. The Morgan fingerprint density at radius 2 is 2.06 bits per heavy atom. The third kappa shape index (κ3) is 1.55. The highest BCUT2D eigenvalue weighted by Crippen LogP contribution is 2.53. The summed E-state index contributed by atoms with van der Waals surface area (Å²) in [6, 6.07) is 3.84. The average molecular weight is 224 g/mol. The summed E-state index contributed by atoms with van der Waals surface area (Å²) >= 11 is 0. The standard InChI is InChI=1S/C14H18F2/c1-3-10-7-8-14(10,4-2)12-9-11(15)5-6-13(12)16/h5-6,9-10H,3-4,7-8H2,1-2H3. The van der Waals surface area contributed by atoms with Crippen molar-refractivity contribution in [2.45, 2.75) is 44.9 Å². The fourth-order valence-corrected chi connectivity index (χ4v) is 3.18. The van der Waals surface area contributed by atoms with E-state index in [-0.39, 0.29) is 17.0 Å².